The fourth-order valence-electron chi connectivity index (χ4n) is 1.90. The van der Waals surface area contributed by atoms with E-state index >= 15 is 0 Å². The zero-order valence-corrected chi connectivity index (χ0v) is 11.6. The van der Waals surface area contributed by atoms with Crippen LogP contribution in [0.2, 0.25) is 0 Å². The van der Waals surface area contributed by atoms with Gasteiger partial charge >= 0.3 is 0 Å². The molecule has 0 aliphatic rings. The van der Waals surface area contributed by atoms with Gasteiger partial charge in [0.15, 0.2) is 0 Å². The summed E-state index contributed by atoms with van der Waals surface area (Å²) in [5.74, 6) is 0.901. The van der Waals surface area contributed by atoms with E-state index in [1.165, 1.54) is 0 Å². The van der Waals surface area contributed by atoms with Gasteiger partial charge in [0.2, 0.25) is 0 Å². The average molecular weight is 265 g/mol. The SMILES string of the molecule is CC(C)(CCCO)CNc1ncnc2sccc12. The van der Waals surface area contributed by atoms with E-state index in [1.807, 2.05) is 11.4 Å². The summed E-state index contributed by atoms with van der Waals surface area (Å²) in [5.41, 5.74) is 0.149. The van der Waals surface area contributed by atoms with Crippen LogP contribution in [0.1, 0.15) is 26.7 Å². The molecule has 0 saturated heterocycles. The Hall–Kier alpha value is -1.20. The molecule has 2 N–H and O–H groups in total. The van der Waals surface area contributed by atoms with Crippen LogP contribution in [-0.4, -0.2) is 28.2 Å². The van der Waals surface area contributed by atoms with Crippen molar-refractivity contribution in [3.63, 3.8) is 0 Å². The molecular formula is C13H19N3OS. The number of nitrogens with zero attached hydrogens (tertiary/aromatic N) is 2. The number of aromatic nitrogens is 2. The second kappa shape index (κ2) is 5.63. The van der Waals surface area contributed by atoms with Gasteiger partial charge in [0, 0.05) is 13.2 Å². The Labute approximate surface area is 111 Å². The third-order valence-electron chi connectivity index (χ3n) is 3.01. The fraction of sp³-hybridized carbons (Fsp3) is 0.538. The van der Waals surface area contributed by atoms with Gasteiger partial charge in [0.05, 0.1) is 5.39 Å². The highest BCUT2D eigenvalue weighted by molar-refractivity contribution is 7.16. The molecule has 2 heterocycles. The molecule has 0 unspecified atom stereocenters. The number of hydrogen-bond acceptors (Lipinski definition) is 5. The second-order valence-corrected chi connectivity index (χ2v) is 6.10. The summed E-state index contributed by atoms with van der Waals surface area (Å²) in [5, 5.41) is 15.4. The monoisotopic (exact) mass is 265 g/mol. The normalized spacial score (nSPS) is 11.9. The number of anilines is 1. The number of aliphatic hydroxyl groups is 1. The molecule has 18 heavy (non-hydrogen) atoms. The molecule has 2 rings (SSSR count). The standard InChI is InChI=1S/C13H19N3OS/c1-13(2,5-3-6-17)8-14-11-10-4-7-18-12(10)16-9-15-11/h4,7,9,17H,3,5-6,8H2,1-2H3,(H,14,15,16). The molecule has 2 aromatic heterocycles. The van der Waals surface area contributed by atoms with E-state index in [9.17, 15) is 0 Å². The molecule has 4 nitrogen and oxygen atoms in total. The van der Waals surface area contributed by atoms with Crippen LogP contribution in [0.5, 0.6) is 0 Å². The van der Waals surface area contributed by atoms with Gasteiger partial charge < -0.3 is 10.4 Å². The second-order valence-electron chi connectivity index (χ2n) is 5.21. The maximum Gasteiger partial charge on any atom is 0.138 e. The minimum atomic E-state index is 0.149. The highest BCUT2D eigenvalue weighted by Gasteiger charge is 2.17. The topological polar surface area (TPSA) is 58.0 Å². The smallest absolute Gasteiger partial charge is 0.138 e. The first kappa shape index (κ1) is 13.2. The number of nitrogens with one attached hydrogen (secondary N) is 1. The minimum Gasteiger partial charge on any atom is -0.396 e. The molecule has 0 aromatic carbocycles. The van der Waals surface area contributed by atoms with Crippen molar-refractivity contribution in [3.05, 3.63) is 17.8 Å². The third-order valence-corrected chi connectivity index (χ3v) is 3.83. The summed E-state index contributed by atoms with van der Waals surface area (Å²) in [7, 11) is 0. The van der Waals surface area contributed by atoms with E-state index in [4.69, 9.17) is 5.11 Å². The summed E-state index contributed by atoms with van der Waals surface area (Å²) in [6.45, 7) is 5.49. The van der Waals surface area contributed by atoms with Crippen molar-refractivity contribution in [2.45, 2.75) is 26.7 Å². The largest absolute Gasteiger partial charge is 0.396 e. The number of aliphatic hydroxyl groups excluding tert-OH is 1. The maximum atomic E-state index is 8.89. The first-order chi connectivity index (χ1) is 8.62. The van der Waals surface area contributed by atoms with Crippen molar-refractivity contribution >= 4 is 27.4 Å². The molecule has 0 atom stereocenters. The highest BCUT2D eigenvalue weighted by Crippen LogP contribution is 2.26. The van der Waals surface area contributed by atoms with Gasteiger partial charge in [-0.15, -0.1) is 11.3 Å². The van der Waals surface area contributed by atoms with Gasteiger partial charge in [-0.1, -0.05) is 13.8 Å². The number of rotatable bonds is 6. The summed E-state index contributed by atoms with van der Waals surface area (Å²) in [6.07, 6.45) is 3.43. The van der Waals surface area contributed by atoms with Crippen molar-refractivity contribution in [2.75, 3.05) is 18.5 Å². The third kappa shape index (κ3) is 3.17. The van der Waals surface area contributed by atoms with E-state index in [-0.39, 0.29) is 12.0 Å². The van der Waals surface area contributed by atoms with E-state index < -0.39 is 0 Å². The quantitative estimate of drug-likeness (QED) is 0.843. The Morgan fingerprint density at radius 3 is 3.00 bits per heavy atom. The van der Waals surface area contributed by atoms with E-state index in [2.05, 4.69) is 29.1 Å². The molecular weight excluding hydrogens is 246 g/mol. The molecule has 0 spiro atoms. The van der Waals surface area contributed by atoms with Crippen LogP contribution < -0.4 is 5.32 Å². The van der Waals surface area contributed by atoms with Crippen LogP contribution in [0.4, 0.5) is 5.82 Å². The van der Waals surface area contributed by atoms with Crippen molar-refractivity contribution in [2.24, 2.45) is 5.41 Å². The molecule has 0 aliphatic heterocycles. The number of fused-ring (bicyclic) bond motifs is 1. The predicted molar refractivity (Wildman–Crippen MR) is 76.0 cm³/mol. The predicted octanol–water partition coefficient (Wildman–Crippen LogP) is 2.90. The van der Waals surface area contributed by atoms with Crippen molar-refractivity contribution in [3.8, 4) is 0 Å². The van der Waals surface area contributed by atoms with Gasteiger partial charge in [0.1, 0.15) is 17.0 Å². The van der Waals surface area contributed by atoms with E-state index in [1.54, 1.807) is 17.7 Å². The minimum absolute atomic E-state index is 0.149. The van der Waals surface area contributed by atoms with Gasteiger partial charge in [0.25, 0.3) is 0 Å². The lowest BCUT2D eigenvalue weighted by molar-refractivity contribution is 0.248. The van der Waals surface area contributed by atoms with Crippen LogP contribution in [0.25, 0.3) is 10.2 Å². The molecule has 2 aromatic rings. The zero-order chi connectivity index (χ0) is 13.0. The van der Waals surface area contributed by atoms with Gasteiger partial charge in [-0.25, -0.2) is 9.97 Å². The lowest BCUT2D eigenvalue weighted by Crippen LogP contribution is -2.23. The Balaban J connectivity index is 2.03. The first-order valence-electron chi connectivity index (χ1n) is 6.15. The Bertz CT molecular complexity index is 510. The summed E-state index contributed by atoms with van der Waals surface area (Å²) in [6, 6.07) is 2.04. The molecule has 0 bridgehead atoms. The Morgan fingerprint density at radius 2 is 2.22 bits per heavy atom. The molecule has 0 radical (unpaired) electrons. The van der Waals surface area contributed by atoms with Crippen LogP contribution in [0.15, 0.2) is 17.8 Å². The van der Waals surface area contributed by atoms with Crippen LogP contribution >= 0.6 is 11.3 Å². The molecule has 0 amide bonds. The number of hydrogen-bond donors (Lipinski definition) is 2. The van der Waals surface area contributed by atoms with Crippen LogP contribution in [0, 0.1) is 5.41 Å². The average Bonchev–Trinajstić information content (AvgIpc) is 2.82. The van der Waals surface area contributed by atoms with E-state index in [0.29, 0.717) is 0 Å². The van der Waals surface area contributed by atoms with Gasteiger partial charge in [-0.2, -0.15) is 0 Å². The lowest BCUT2D eigenvalue weighted by atomic mass is 9.88. The molecule has 5 heteroatoms. The van der Waals surface area contributed by atoms with Crippen molar-refractivity contribution in [1.29, 1.82) is 0 Å². The van der Waals surface area contributed by atoms with Crippen molar-refractivity contribution < 1.29 is 5.11 Å². The van der Waals surface area contributed by atoms with Crippen LogP contribution in [-0.2, 0) is 0 Å². The van der Waals surface area contributed by atoms with Gasteiger partial charge in [-0.05, 0) is 29.7 Å². The fourth-order valence-corrected chi connectivity index (χ4v) is 2.63. The molecule has 0 saturated carbocycles. The lowest BCUT2D eigenvalue weighted by Gasteiger charge is -2.25. The number of thiophene rings is 1. The Morgan fingerprint density at radius 1 is 1.39 bits per heavy atom. The van der Waals surface area contributed by atoms with Gasteiger partial charge in [-0.3, -0.25) is 0 Å². The van der Waals surface area contributed by atoms with E-state index in [0.717, 1.165) is 35.4 Å². The maximum absolute atomic E-state index is 8.89. The Kier molecular flexibility index (Phi) is 4.14. The molecule has 0 fully saturated rings. The molecule has 0 aliphatic carbocycles. The van der Waals surface area contributed by atoms with Crippen molar-refractivity contribution in [1.82, 2.24) is 9.97 Å². The molecule has 98 valence electrons. The summed E-state index contributed by atoms with van der Waals surface area (Å²) >= 11 is 1.62. The zero-order valence-electron chi connectivity index (χ0n) is 10.8. The summed E-state index contributed by atoms with van der Waals surface area (Å²) in [4.78, 5) is 9.54. The summed E-state index contributed by atoms with van der Waals surface area (Å²) < 4.78 is 0. The first-order valence-corrected chi connectivity index (χ1v) is 7.03. The van der Waals surface area contributed by atoms with Crippen LogP contribution in [0.3, 0.4) is 0 Å². The highest BCUT2D eigenvalue weighted by atomic mass is 32.1.